The van der Waals surface area contributed by atoms with E-state index in [2.05, 4.69) is 17.2 Å². The van der Waals surface area contributed by atoms with Crippen molar-refractivity contribution >= 4 is 5.91 Å². The van der Waals surface area contributed by atoms with Gasteiger partial charge in [0.05, 0.1) is 5.69 Å². The molecule has 0 spiro atoms. The molecule has 5 heteroatoms. The highest BCUT2D eigenvalue weighted by atomic mass is 16.1. The Morgan fingerprint density at radius 3 is 2.64 bits per heavy atom. The fraction of sp³-hybridized carbons (Fsp3) is 0.667. The van der Waals surface area contributed by atoms with Gasteiger partial charge >= 0.3 is 0 Å². The molecule has 1 amide bonds. The predicted octanol–water partition coefficient (Wildman–Crippen LogP) is 0.910. The Bertz CT molecular complexity index is 330. The summed E-state index contributed by atoms with van der Waals surface area (Å²) in [5.74, 6) is -0.296. The highest BCUT2D eigenvalue weighted by Gasteiger charge is 2.19. The van der Waals surface area contributed by atoms with E-state index in [0.29, 0.717) is 5.69 Å². The highest BCUT2D eigenvalue weighted by molar-refractivity contribution is 5.91. The summed E-state index contributed by atoms with van der Waals surface area (Å²) in [6, 6.07) is 0. The second kappa shape index (κ2) is 4.21. The average Bonchev–Trinajstić information content (AvgIpc) is 2.48. The van der Waals surface area contributed by atoms with E-state index in [1.54, 1.807) is 4.68 Å². The van der Waals surface area contributed by atoms with Gasteiger partial charge in [0.15, 0.2) is 5.69 Å². The normalized spacial score (nSPS) is 10.9. The first-order chi connectivity index (χ1) is 6.57. The van der Waals surface area contributed by atoms with Gasteiger partial charge < -0.3 is 5.73 Å². The Morgan fingerprint density at radius 1 is 1.57 bits per heavy atom. The van der Waals surface area contributed by atoms with E-state index in [0.717, 1.165) is 18.7 Å². The van der Waals surface area contributed by atoms with Crippen LogP contribution in [0.2, 0.25) is 0 Å². The second-order valence-corrected chi connectivity index (χ2v) is 3.57. The van der Waals surface area contributed by atoms with E-state index >= 15 is 0 Å². The Labute approximate surface area is 83.3 Å². The SMILES string of the molecule is CCCn1nnc(C(N)=O)c1C(C)C. The Hall–Kier alpha value is -1.39. The number of hydrogen-bond acceptors (Lipinski definition) is 3. The maximum atomic E-state index is 11.1. The maximum absolute atomic E-state index is 11.1. The van der Waals surface area contributed by atoms with Crippen molar-refractivity contribution in [1.29, 1.82) is 0 Å². The molecule has 5 nitrogen and oxygen atoms in total. The molecule has 0 aromatic carbocycles. The molecule has 0 radical (unpaired) electrons. The number of hydrogen-bond donors (Lipinski definition) is 1. The van der Waals surface area contributed by atoms with Crippen LogP contribution in [-0.4, -0.2) is 20.9 Å². The fourth-order valence-electron chi connectivity index (χ4n) is 1.44. The Balaban J connectivity index is 3.13. The minimum Gasteiger partial charge on any atom is -0.364 e. The van der Waals surface area contributed by atoms with Gasteiger partial charge in [-0.1, -0.05) is 26.0 Å². The molecule has 0 fully saturated rings. The zero-order valence-corrected chi connectivity index (χ0v) is 8.82. The van der Waals surface area contributed by atoms with Crippen molar-refractivity contribution in [2.45, 2.75) is 39.7 Å². The maximum Gasteiger partial charge on any atom is 0.271 e. The number of rotatable bonds is 4. The van der Waals surface area contributed by atoms with Crippen molar-refractivity contribution in [2.75, 3.05) is 0 Å². The van der Waals surface area contributed by atoms with Crippen LogP contribution in [0.4, 0.5) is 0 Å². The molecule has 1 aromatic rings. The Kier molecular flexibility index (Phi) is 3.22. The van der Waals surface area contributed by atoms with E-state index in [-0.39, 0.29) is 5.92 Å². The summed E-state index contributed by atoms with van der Waals surface area (Å²) in [7, 11) is 0. The number of nitrogens with two attached hydrogens (primary N) is 1. The molecule has 0 saturated carbocycles. The summed E-state index contributed by atoms with van der Waals surface area (Å²) in [4.78, 5) is 11.1. The van der Waals surface area contributed by atoms with E-state index in [1.165, 1.54) is 0 Å². The molecule has 0 aliphatic heterocycles. The van der Waals surface area contributed by atoms with Crippen LogP contribution in [0, 0.1) is 0 Å². The number of carbonyl (C=O) groups is 1. The summed E-state index contributed by atoms with van der Waals surface area (Å²) < 4.78 is 1.75. The lowest BCUT2D eigenvalue weighted by Gasteiger charge is -2.08. The first-order valence-electron chi connectivity index (χ1n) is 4.81. The summed E-state index contributed by atoms with van der Waals surface area (Å²) >= 11 is 0. The molecule has 0 aliphatic carbocycles. The lowest BCUT2D eigenvalue weighted by atomic mass is 10.1. The molecule has 2 N–H and O–H groups in total. The molecule has 14 heavy (non-hydrogen) atoms. The van der Waals surface area contributed by atoms with Crippen LogP contribution in [0.3, 0.4) is 0 Å². The molecule has 0 bridgehead atoms. The number of amides is 1. The first kappa shape index (κ1) is 10.7. The van der Waals surface area contributed by atoms with Gasteiger partial charge in [-0.3, -0.25) is 4.79 Å². The van der Waals surface area contributed by atoms with Crippen LogP contribution in [0.25, 0.3) is 0 Å². The third-order valence-electron chi connectivity index (χ3n) is 1.99. The third kappa shape index (κ3) is 1.92. The van der Waals surface area contributed by atoms with Crippen molar-refractivity contribution in [1.82, 2.24) is 15.0 Å². The lowest BCUT2D eigenvalue weighted by molar-refractivity contribution is 0.0994. The monoisotopic (exact) mass is 196 g/mol. The number of aryl methyl sites for hydroxylation is 1. The molecular weight excluding hydrogens is 180 g/mol. The second-order valence-electron chi connectivity index (χ2n) is 3.57. The zero-order valence-electron chi connectivity index (χ0n) is 8.82. The minimum atomic E-state index is -0.504. The van der Waals surface area contributed by atoms with Crippen molar-refractivity contribution < 1.29 is 4.79 Å². The number of carbonyl (C=O) groups excluding carboxylic acids is 1. The molecule has 0 aliphatic rings. The lowest BCUT2D eigenvalue weighted by Crippen LogP contribution is -2.16. The van der Waals surface area contributed by atoms with Crippen LogP contribution in [0.1, 0.15) is 49.3 Å². The number of nitrogens with zero attached hydrogens (tertiary/aromatic N) is 3. The topological polar surface area (TPSA) is 73.8 Å². The molecule has 1 aromatic heterocycles. The summed E-state index contributed by atoms with van der Waals surface area (Å²) in [6.07, 6.45) is 0.960. The molecule has 78 valence electrons. The predicted molar refractivity (Wildman–Crippen MR) is 52.9 cm³/mol. The van der Waals surface area contributed by atoms with Crippen molar-refractivity contribution in [3.05, 3.63) is 11.4 Å². The highest BCUT2D eigenvalue weighted by Crippen LogP contribution is 2.17. The van der Waals surface area contributed by atoms with Crippen LogP contribution in [0.15, 0.2) is 0 Å². The van der Waals surface area contributed by atoms with E-state index < -0.39 is 5.91 Å². The van der Waals surface area contributed by atoms with E-state index in [9.17, 15) is 4.79 Å². The van der Waals surface area contributed by atoms with Crippen molar-refractivity contribution in [3.63, 3.8) is 0 Å². The smallest absolute Gasteiger partial charge is 0.271 e. The van der Waals surface area contributed by atoms with Crippen LogP contribution in [-0.2, 0) is 6.54 Å². The zero-order chi connectivity index (χ0) is 10.7. The first-order valence-corrected chi connectivity index (χ1v) is 4.81. The summed E-state index contributed by atoms with van der Waals surface area (Å²) in [5.41, 5.74) is 6.34. The van der Waals surface area contributed by atoms with Crippen LogP contribution in [0.5, 0.6) is 0 Å². The van der Waals surface area contributed by atoms with Crippen molar-refractivity contribution in [2.24, 2.45) is 5.73 Å². The molecule has 0 saturated heterocycles. The van der Waals surface area contributed by atoms with Gasteiger partial charge in [-0.2, -0.15) is 0 Å². The molecule has 0 unspecified atom stereocenters. The third-order valence-corrected chi connectivity index (χ3v) is 1.99. The minimum absolute atomic E-state index is 0.207. The summed E-state index contributed by atoms with van der Waals surface area (Å²) in [6.45, 7) is 6.82. The standard InChI is InChI=1S/C9H16N4O/c1-4-5-13-8(6(2)3)7(9(10)14)11-12-13/h6H,4-5H2,1-3H3,(H2,10,14). The van der Waals surface area contributed by atoms with Gasteiger partial charge in [-0.05, 0) is 12.3 Å². The number of aromatic nitrogens is 3. The molecular formula is C9H16N4O. The molecule has 1 heterocycles. The quantitative estimate of drug-likeness (QED) is 0.777. The van der Waals surface area contributed by atoms with Gasteiger partial charge in [0, 0.05) is 6.54 Å². The molecule has 0 atom stereocenters. The van der Waals surface area contributed by atoms with E-state index in [4.69, 9.17) is 5.73 Å². The summed E-state index contributed by atoms with van der Waals surface area (Å²) in [5, 5.41) is 7.71. The largest absolute Gasteiger partial charge is 0.364 e. The van der Waals surface area contributed by atoms with Gasteiger partial charge in [0.25, 0.3) is 5.91 Å². The van der Waals surface area contributed by atoms with Gasteiger partial charge in [-0.15, -0.1) is 5.10 Å². The number of primary amides is 1. The average molecular weight is 196 g/mol. The van der Waals surface area contributed by atoms with Crippen LogP contribution >= 0.6 is 0 Å². The van der Waals surface area contributed by atoms with Gasteiger partial charge in [0.1, 0.15) is 0 Å². The van der Waals surface area contributed by atoms with E-state index in [1.807, 2.05) is 13.8 Å². The van der Waals surface area contributed by atoms with Crippen molar-refractivity contribution in [3.8, 4) is 0 Å². The molecule has 1 rings (SSSR count). The van der Waals surface area contributed by atoms with Gasteiger partial charge in [-0.25, -0.2) is 4.68 Å². The van der Waals surface area contributed by atoms with Crippen LogP contribution < -0.4 is 5.73 Å². The van der Waals surface area contributed by atoms with Gasteiger partial charge in [0.2, 0.25) is 0 Å². The fourth-order valence-corrected chi connectivity index (χ4v) is 1.44. The Morgan fingerprint density at radius 2 is 2.21 bits per heavy atom.